The van der Waals surface area contributed by atoms with E-state index in [9.17, 15) is 14.7 Å². The molecule has 3 aliphatic rings. The van der Waals surface area contributed by atoms with Crippen molar-refractivity contribution < 1.29 is 33.6 Å². The predicted molar refractivity (Wildman–Crippen MR) is 194 cm³/mol. The van der Waals surface area contributed by atoms with Crippen molar-refractivity contribution in [1.82, 2.24) is 14.7 Å². The third-order valence-corrected chi connectivity index (χ3v) is 11.9. The first-order valence-electron chi connectivity index (χ1n) is 19.4. The van der Waals surface area contributed by atoms with Gasteiger partial charge in [-0.15, -0.1) is 0 Å². The maximum atomic E-state index is 14.3. The fourth-order valence-electron chi connectivity index (χ4n) is 8.61. The van der Waals surface area contributed by atoms with Crippen molar-refractivity contribution in [2.75, 3.05) is 61.0 Å². The smallest absolute Gasteiger partial charge is 0.319 e. The zero-order valence-corrected chi connectivity index (χ0v) is 33.0. The van der Waals surface area contributed by atoms with Crippen molar-refractivity contribution in [2.24, 2.45) is 23.2 Å². The van der Waals surface area contributed by atoms with Crippen LogP contribution in [0.5, 0.6) is 0 Å². The van der Waals surface area contributed by atoms with Crippen LogP contribution in [0.2, 0.25) is 0 Å². The number of likely N-dealkylation sites (N-methyl/N-ethyl adjacent to an activating group) is 2. The van der Waals surface area contributed by atoms with Gasteiger partial charge < -0.3 is 33.9 Å². The topological polar surface area (TPSA) is 101 Å². The van der Waals surface area contributed by atoms with E-state index in [0.29, 0.717) is 18.8 Å². The number of nitrogens with zero attached hydrogens (tertiary/aromatic N) is 3. The van der Waals surface area contributed by atoms with Crippen molar-refractivity contribution in [1.29, 1.82) is 0 Å². The molecule has 49 heavy (non-hydrogen) atoms. The van der Waals surface area contributed by atoms with Crippen LogP contribution < -0.4 is 0 Å². The molecule has 3 rings (SSSR count). The first-order chi connectivity index (χ1) is 23.0. The number of hydrogen-bond acceptors (Lipinski definition) is 10. The first-order valence-corrected chi connectivity index (χ1v) is 19.4. The van der Waals surface area contributed by atoms with Crippen LogP contribution in [0.25, 0.3) is 0 Å². The summed E-state index contributed by atoms with van der Waals surface area (Å²) in [5.41, 5.74) is -2.30. The molecule has 0 saturated carbocycles. The van der Waals surface area contributed by atoms with E-state index in [1.165, 1.54) is 38.6 Å². The minimum absolute atomic E-state index is 0.0529. The molecule has 0 aromatic carbocycles. The van der Waals surface area contributed by atoms with Crippen molar-refractivity contribution in [3.63, 3.8) is 0 Å². The molecule has 9 atom stereocenters. The fraction of sp³-hybridized carbons (Fsp3) is 0.949. The van der Waals surface area contributed by atoms with Crippen LogP contribution in [0.1, 0.15) is 113 Å². The van der Waals surface area contributed by atoms with Crippen LogP contribution >= 0.6 is 0 Å². The molecule has 0 spiro atoms. The average molecular weight is 696 g/mol. The lowest BCUT2D eigenvalue weighted by molar-refractivity contribution is -0.295. The molecular weight excluding hydrogens is 622 g/mol. The van der Waals surface area contributed by atoms with Gasteiger partial charge in [0.15, 0.2) is 12.1 Å². The molecular formula is C39H73N3O7. The Morgan fingerprint density at radius 3 is 2.29 bits per heavy atom. The maximum absolute atomic E-state index is 14.3. The highest BCUT2D eigenvalue weighted by Crippen LogP contribution is 2.38. The summed E-state index contributed by atoms with van der Waals surface area (Å²) in [6.45, 7) is 18.0. The summed E-state index contributed by atoms with van der Waals surface area (Å²) in [6.07, 6.45) is 8.32. The third kappa shape index (κ3) is 11.4. The molecule has 10 nitrogen and oxygen atoms in total. The second-order valence-corrected chi connectivity index (χ2v) is 16.9. The normalized spacial score (nSPS) is 36.6. The SMILES string of the molecule is CCCCCCCN1CCC(C[C@@H]2COC(=O)C(C)(C)C(=O)[C@H](C)[C@@H](O[C@@H]3O[C@H](C)C[C@H](N(C)C)[C@H]3O)[C@](C)(OC)C[C@@H](C)CN2C)CC1. The van der Waals surface area contributed by atoms with Gasteiger partial charge in [0.25, 0.3) is 0 Å². The molecule has 10 heteroatoms. The quantitative estimate of drug-likeness (QED) is 0.163. The molecule has 3 fully saturated rings. The minimum atomic E-state index is -1.40. The van der Waals surface area contributed by atoms with Gasteiger partial charge in [-0.3, -0.25) is 14.5 Å². The number of esters is 1. The Bertz CT molecular complexity index is 1020. The number of unbranched alkanes of at least 4 members (excludes halogenated alkanes) is 4. The Kier molecular flexibility index (Phi) is 16.5. The summed E-state index contributed by atoms with van der Waals surface area (Å²) in [5, 5.41) is 11.4. The lowest BCUT2D eigenvalue weighted by Crippen LogP contribution is -2.59. The molecule has 1 N–H and O–H groups in total. The van der Waals surface area contributed by atoms with Gasteiger partial charge in [-0.25, -0.2) is 0 Å². The Morgan fingerprint density at radius 1 is 1.02 bits per heavy atom. The van der Waals surface area contributed by atoms with Crippen LogP contribution in [-0.4, -0.2) is 135 Å². The number of piperidine rings is 1. The number of methoxy groups -OCH3 is 1. The van der Waals surface area contributed by atoms with Crippen molar-refractivity contribution in [3.8, 4) is 0 Å². The van der Waals surface area contributed by atoms with Crippen molar-refractivity contribution in [2.45, 2.75) is 155 Å². The van der Waals surface area contributed by atoms with Crippen LogP contribution in [0.4, 0.5) is 0 Å². The van der Waals surface area contributed by atoms with E-state index < -0.39 is 41.4 Å². The number of Topliss-reactive ketones (excluding diaryl/α,β-unsaturated/α-hetero) is 1. The Labute approximate surface area is 298 Å². The zero-order chi connectivity index (χ0) is 36.5. The average Bonchev–Trinajstić information content (AvgIpc) is 3.05. The molecule has 0 bridgehead atoms. The van der Waals surface area contributed by atoms with E-state index in [0.717, 1.165) is 38.9 Å². The number of ether oxygens (including phenoxy) is 4. The number of cyclic esters (lactones) is 1. The second kappa shape index (κ2) is 19.1. The Hall–Kier alpha value is -1.14. The molecule has 0 unspecified atom stereocenters. The highest BCUT2D eigenvalue weighted by molar-refractivity contribution is 6.04. The van der Waals surface area contributed by atoms with Gasteiger partial charge in [0.2, 0.25) is 0 Å². The molecule has 0 aromatic rings. The molecule has 0 amide bonds. The van der Waals surface area contributed by atoms with E-state index in [-0.39, 0.29) is 36.5 Å². The summed E-state index contributed by atoms with van der Waals surface area (Å²) < 4.78 is 25.2. The van der Waals surface area contributed by atoms with Gasteiger partial charge in [0, 0.05) is 31.7 Å². The summed E-state index contributed by atoms with van der Waals surface area (Å²) in [4.78, 5) is 35.0. The van der Waals surface area contributed by atoms with Gasteiger partial charge in [0.05, 0.1) is 17.8 Å². The van der Waals surface area contributed by atoms with Gasteiger partial charge in [-0.2, -0.15) is 0 Å². The van der Waals surface area contributed by atoms with Gasteiger partial charge in [0.1, 0.15) is 18.1 Å². The Balaban J connectivity index is 1.80. The number of hydrogen-bond donors (Lipinski definition) is 1. The minimum Gasteiger partial charge on any atom is -0.463 e. The van der Waals surface area contributed by atoms with E-state index in [2.05, 4.69) is 30.7 Å². The van der Waals surface area contributed by atoms with Crippen LogP contribution in [0.3, 0.4) is 0 Å². The summed E-state index contributed by atoms with van der Waals surface area (Å²) in [7, 11) is 7.66. The zero-order valence-electron chi connectivity index (χ0n) is 33.0. The van der Waals surface area contributed by atoms with Gasteiger partial charge in [-0.05, 0) is 119 Å². The number of rotatable bonds is 12. The molecule has 0 aliphatic carbocycles. The molecule has 0 radical (unpaired) electrons. The van der Waals surface area contributed by atoms with Crippen molar-refractivity contribution >= 4 is 11.8 Å². The lowest BCUT2D eigenvalue weighted by atomic mass is 9.74. The summed E-state index contributed by atoms with van der Waals surface area (Å²) in [5.74, 6) is -0.777. The van der Waals surface area contributed by atoms with E-state index >= 15 is 0 Å². The molecule has 0 aromatic heterocycles. The maximum Gasteiger partial charge on any atom is 0.319 e. The number of aliphatic hydroxyl groups excluding tert-OH is 1. The number of carbonyl (C=O) groups is 2. The predicted octanol–water partition coefficient (Wildman–Crippen LogP) is 5.39. The summed E-state index contributed by atoms with van der Waals surface area (Å²) in [6, 6.07) is -0.112. The van der Waals surface area contributed by atoms with Crippen LogP contribution in [-0.2, 0) is 28.5 Å². The van der Waals surface area contributed by atoms with E-state index in [1.54, 1.807) is 27.9 Å². The number of likely N-dealkylation sites (tertiary alicyclic amines) is 1. The van der Waals surface area contributed by atoms with Gasteiger partial charge >= 0.3 is 5.97 Å². The highest BCUT2D eigenvalue weighted by Gasteiger charge is 2.51. The van der Waals surface area contributed by atoms with Gasteiger partial charge in [-0.1, -0.05) is 46.5 Å². The first kappa shape index (κ1) is 42.3. The molecule has 3 aliphatic heterocycles. The monoisotopic (exact) mass is 696 g/mol. The number of ketones is 1. The standard InChI is InChI=1S/C39H73N3O7/c1-12-13-14-15-16-19-42-20-17-30(18-21-42)23-31-26-47-37(45)38(5,6)34(44)29(4)35(39(7,46-11)24-27(2)25-41(31)10)49-36-33(43)32(40(8)9)22-28(3)48-36/h27-33,35-36,43H,12-26H2,1-11H3/t27-,28-,29+,31-,32+,33-,35-,36+,39-/m1/s1. The third-order valence-electron chi connectivity index (χ3n) is 11.9. The molecule has 3 heterocycles. The number of carbonyl (C=O) groups excluding carboxylic acids is 2. The second-order valence-electron chi connectivity index (χ2n) is 16.9. The van der Waals surface area contributed by atoms with E-state index in [4.69, 9.17) is 18.9 Å². The lowest BCUT2D eigenvalue weighted by Gasteiger charge is -2.47. The van der Waals surface area contributed by atoms with E-state index in [1.807, 2.05) is 32.8 Å². The van der Waals surface area contributed by atoms with Crippen LogP contribution in [0.15, 0.2) is 0 Å². The fourth-order valence-corrected chi connectivity index (χ4v) is 8.61. The highest BCUT2D eigenvalue weighted by atomic mass is 16.7. The largest absolute Gasteiger partial charge is 0.463 e. The Morgan fingerprint density at radius 2 is 1.67 bits per heavy atom. The molecule has 3 saturated heterocycles. The molecule has 286 valence electrons. The number of aliphatic hydroxyl groups is 1. The summed E-state index contributed by atoms with van der Waals surface area (Å²) >= 11 is 0. The van der Waals surface area contributed by atoms with Crippen molar-refractivity contribution in [3.05, 3.63) is 0 Å². The van der Waals surface area contributed by atoms with Crippen LogP contribution in [0, 0.1) is 23.2 Å².